The third kappa shape index (κ3) is 6.58. The average molecular weight is 629 g/mol. The number of alkyl halides is 3. The lowest BCUT2D eigenvalue weighted by Crippen LogP contribution is -2.39. The maximum atomic E-state index is 12.9. The summed E-state index contributed by atoms with van der Waals surface area (Å²) in [7, 11) is 0. The topological polar surface area (TPSA) is 100 Å². The molecule has 8 nitrogen and oxygen atoms in total. The van der Waals surface area contributed by atoms with E-state index >= 15 is 0 Å². The van der Waals surface area contributed by atoms with Crippen LogP contribution in [0.15, 0.2) is 48.8 Å². The molecule has 3 N–H and O–H groups in total. The van der Waals surface area contributed by atoms with E-state index in [1.165, 1.54) is 11.9 Å². The Morgan fingerprint density at radius 2 is 1.93 bits per heavy atom. The third-order valence-corrected chi connectivity index (χ3v) is 9.54. The number of nitrogens with two attached hydrogens (primary N) is 1. The Labute approximate surface area is 262 Å². The van der Waals surface area contributed by atoms with Gasteiger partial charge in [-0.15, -0.1) is 11.3 Å². The Bertz CT molecular complexity index is 1960. The number of halogens is 3. The molecule has 0 unspecified atom stereocenters. The predicted octanol–water partition coefficient (Wildman–Crippen LogP) is 7.38. The molecule has 0 saturated carbocycles. The van der Waals surface area contributed by atoms with Crippen molar-refractivity contribution in [1.29, 1.82) is 5.26 Å². The van der Waals surface area contributed by atoms with Gasteiger partial charge in [-0.1, -0.05) is 23.8 Å². The van der Waals surface area contributed by atoms with Crippen LogP contribution in [0.4, 0.5) is 30.4 Å². The molecule has 0 atom stereocenters. The lowest BCUT2D eigenvalue weighted by Gasteiger charge is -2.33. The van der Waals surface area contributed by atoms with Crippen LogP contribution in [0.2, 0.25) is 0 Å². The summed E-state index contributed by atoms with van der Waals surface area (Å²) < 4.78 is 40.8. The van der Waals surface area contributed by atoms with Crippen LogP contribution in [0.25, 0.3) is 26.0 Å². The number of aryl methyl sites for hydroxylation is 3. The molecule has 12 heteroatoms. The number of thiophene rings is 1. The summed E-state index contributed by atoms with van der Waals surface area (Å²) in [5.74, 6) is 0.588. The first kappa shape index (κ1) is 30.4. The number of rotatable bonds is 8. The van der Waals surface area contributed by atoms with Crippen molar-refractivity contribution in [3.8, 4) is 6.07 Å². The number of nitrogen functional groups attached to an aromatic ring is 1. The predicted molar refractivity (Wildman–Crippen MR) is 171 cm³/mol. The fourth-order valence-corrected chi connectivity index (χ4v) is 7.11. The summed E-state index contributed by atoms with van der Waals surface area (Å²) in [6, 6.07) is 15.8. The molecule has 0 spiro atoms. The lowest BCUT2D eigenvalue weighted by molar-refractivity contribution is -0.126. The number of hydrogen-bond donors (Lipinski definition) is 2. The van der Waals surface area contributed by atoms with E-state index in [1.807, 2.05) is 22.8 Å². The van der Waals surface area contributed by atoms with Gasteiger partial charge in [0, 0.05) is 53.7 Å². The number of piperidine rings is 1. The van der Waals surface area contributed by atoms with Crippen molar-refractivity contribution in [2.75, 3.05) is 24.1 Å². The number of nitrogens with one attached hydrogen (secondary N) is 1. The Morgan fingerprint density at radius 3 is 2.67 bits per heavy atom. The van der Waals surface area contributed by atoms with Crippen LogP contribution in [0.1, 0.15) is 40.1 Å². The van der Waals surface area contributed by atoms with Crippen LogP contribution < -0.4 is 11.1 Å². The van der Waals surface area contributed by atoms with Crippen LogP contribution >= 0.6 is 11.3 Å². The third-order valence-electron chi connectivity index (χ3n) is 8.50. The molecule has 1 aliphatic rings. The summed E-state index contributed by atoms with van der Waals surface area (Å²) in [6.07, 6.45) is -1.39. The summed E-state index contributed by atoms with van der Waals surface area (Å²) in [5.41, 5.74) is 11.8. The van der Waals surface area contributed by atoms with Crippen molar-refractivity contribution in [2.24, 2.45) is 0 Å². The maximum absolute atomic E-state index is 12.9. The zero-order valence-electron chi connectivity index (χ0n) is 24.7. The van der Waals surface area contributed by atoms with E-state index in [0.29, 0.717) is 46.1 Å². The van der Waals surface area contributed by atoms with Crippen molar-refractivity contribution in [1.82, 2.24) is 19.4 Å². The van der Waals surface area contributed by atoms with E-state index in [0.717, 1.165) is 65.8 Å². The van der Waals surface area contributed by atoms with Gasteiger partial charge in [0.1, 0.15) is 28.7 Å². The molecule has 5 aromatic rings. The first-order valence-corrected chi connectivity index (χ1v) is 15.5. The second kappa shape index (κ2) is 12.4. The summed E-state index contributed by atoms with van der Waals surface area (Å²) in [6.45, 7) is 12.6. The van der Waals surface area contributed by atoms with Crippen LogP contribution in [-0.2, 0) is 25.9 Å². The van der Waals surface area contributed by atoms with Gasteiger partial charge in [-0.25, -0.2) is 14.8 Å². The van der Waals surface area contributed by atoms with Gasteiger partial charge in [0.15, 0.2) is 0 Å². The Hall–Kier alpha value is -4.65. The number of fused-ring (bicyclic) bond motifs is 2. The standard InChI is InChI=1S/C33H31F3N8S/c1-20-22(4-6-30-26(20)14-24(17-37)44(30)12-7-21-3-5-28(38)29(13-21)39-2)18-43-10-8-23(9-11-43)42-31-27-15-25(16-33(34,35)36)45-32(27)41-19-40-31/h3-6,13-15,19,23H,7-12,16,18,38H2,1H3,(H,40,41,42). The van der Waals surface area contributed by atoms with Crippen LogP contribution in [0.5, 0.6) is 0 Å². The number of likely N-dealkylation sites (tertiary alicyclic amines) is 1. The molecule has 2 aromatic carbocycles. The highest BCUT2D eigenvalue weighted by Crippen LogP contribution is 2.34. The van der Waals surface area contributed by atoms with E-state index in [1.54, 1.807) is 12.1 Å². The smallest absolute Gasteiger partial charge is 0.393 e. The van der Waals surface area contributed by atoms with Gasteiger partial charge in [-0.2, -0.15) is 18.4 Å². The van der Waals surface area contributed by atoms with E-state index in [9.17, 15) is 18.4 Å². The van der Waals surface area contributed by atoms with Gasteiger partial charge in [0.05, 0.1) is 18.4 Å². The largest absolute Gasteiger partial charge is 0.407 e. The van der Waals surface area contributed by atoms with Crippen molar-refractivity contribution in [2.45, 2.75) is 57.9 Å². The van der Waals surface area contributed by atoms with E-state index in [4.69, 9.17) is 12.3 Å². The molecule has 1 fully saturated rings. The van der Waals surface area contributed by atoms with Crippen molar-refractivity contribution < 1.29 is 13.2 Å². The van der Waals surface area contributed by atoms with Crippen molar-refractivity contribution >= 4 is 49.6 Å². The normalized spacial score (nSPS) is 14.5. The van der Waals surface area contributed by atoms with Gasteiger partial charge in [-0.3, -0.25) is 4.90 Å². The molecule has 3 aromatic heterocycles. The number of nitrogens with zero attached hydrogens (tertiary/aromatic N) is 6. The summed E-state index contributed by atoms with van der Waals surface area (Å²) in [5, 5.41) is 15.1. The first-order valence-electron chi connectivity index (χ1n) is 14.7. The molecule has 230 valence electrons. The summed E-state index contributed by atoms with van der Waals surface area (Å²) in [4.78, 5) is 15.2. The number of aromatic nitrogens is 3. The number of hydrogen-bond acceptors (Lipinski definition) is 7. The quantitative estimate of drug-likeness (QED) is 0.137. The van der Waals surface area contributed by atoms with Crippen molar-refractivity contribution in [3.05, 3.63) is 87.5 Å². The van der Waals surface area contributed by atoms with Crippen LogP contribution in [0, 0.1) is 24.8 Å². The number of anilines is 2. The summed E-state index contributed by atoms with van der Waals surface area (Å²) >= 11 is 1.06. The highest BCUT2D eigenvalue weighted by atomic mass is 32.1. The molecule has 0 amide bonds. The molecule has 0 radical (unpaired) electrons. The second-order valence-electron chi connectivity index (χ2n) is 11.5. The monoisotopic (exact) mass is 628 g/mol. The molecule has 1 saturated heterocycles. The van der Waals surface area contributed by atoms with Gasteiger partial charge in [0.2, 0.25) is 5.69 Å². The van der Waals surface area contributed by atoms with Gasteiger partial charge in [0.25, 0.3) is 0 Å². The molecule has 4 heterocycles. The van der Waals surface area contributed by atoms with Gasteiger partial charge >= 0.3 is 6.18 Å². The SMILES string of the molecule is [C-]#[N+]c1cc(CCn2c(C#N)cc3c(C)c(CN4CCC(Nc5ncnc6sc(CC(F)(F)F)cc56)CC4)ccc32)ccc1N. The first-order chi connectivity index (χ1) is 21.6. The van der Waals surface area contributed by atoms with E-state index in [2.05, 4.69) is 50.2 Å². The van der Waals surface area contributed by atoms with Gasteiger partial charge in [-0.05, 0) is 61.6 Å². The molecular formula is C33H31F3N8S. The molecule has 45 heavy (non-hydrogen) atoms. The molecular weight excluding hydrogens is 597 g/mol. The molecule has 6 rings (SSSR count). The minimum atomic E-state index is -4.26. The zero-order chi connectivity index (χ0) is 31.7. The fourth-order valence-electron chi connectivity index (χ4n) is 6.08. The van der Waals surface area contributed by atoms with Crippen molar-refractivity contribution in [3.63, 3.8) is 0 Å². The Kier molecular flexibility index (Phi) is 8.36. The van der Waals surface area contributed by atoms with E-state index in [-0.39, 0.29) is 10.9 Å². The van der Waals surface area contributed by atoms with Gasteiger partial charge < -0.3 is 15.6 Å². The molecule has 0 aliphatic carbocycles. The van der Waals surface area contributed by atoms with E-state index < -0.39 is 12.6 Å². The Morgan fingerprint density at radius 1 is 1.13 bits per heavy atom. The lowest BCUT2D eigenvalue weighted by atomic mass is 10.0. The zero-order valence-corrected chi connectivity index (χ0v) is 25.5. The maximum Gasteiger partial charge on any atom is 0.393 e. The average Bonchev–Trinajstić information content (AvgIpc) is 3.59. The molecule has 1 aliphatic heterocycles. The van der Waals surface area contributed by atoms with Crippen LogP contribution in [-0.4, -0.2) is 44.7 Å². The minimum absolute atomic E-state index is 0.160. The minimum Gasteiger partial charge on any atom is -0.407 e. The highest BCUT2D eigenvalue weighted by molar-refractivity contribution is 7.18. The fraction of sp³-hybridized carbons (Fsp3) is 0.333. The Balaban J connectivity index is 1.11. The molecule has 0 bridgehead atoms. The second-order valence-corrected chi connectivity index (χ2v) is 12.6. The highest BCUT2D eigenvalue weighted by Gasteiger charge is 2.29. The van der Waals surface area contributed by atoms with Crippen LogP contribution in [0.3, 0.4) is 0 Å². The number of nitriles is 1. The number of benzene rings is 2.